The summed E-state index contributed by atoms with van der Waals surface area (Å²) in [6.07, 6.45) is 6.06. The molecule has 1 aliphatic rings. The number of allylic oxidation sites excluding steroid dienone is 2. The Morgan fingerprint density at radius 1 is 0.966 bits per heavy atom. The first-order valence-corrected chi connectivity index (χ1v) is 9.87. The normalized spacial score (nSPS) is 19.6. The van der Waals surface area contributed by atoms with Crippen LogP contribution in [0.5, 0.6) is 0 Å². The van der Waals surface area contributed by atoms with Gasteiger partial charge in [0.2, 0.25) is 5.91 Å². The second-order valence-electron chi connectivity index (χ2n) is 7.08. The van der Waals surface area contributed by atoms with Gasteiger partial charge in [-0.15, -0.1) is 0 Å². The average molecular weight is 391 g/mol. The van der Waals surface area contributed by atoms with Gasteiger partial charge < -0.3 is 9.64 Å². The number of aldehydes is 1. The van der Waals surface area contributed by atoms with Gasteiger partial charge in [-0.1, -0.05) is 60.7 Å². The van der Waals surface area contributed by atoms with E-state index in [1.54, 1.807) is 23.1 Å². The van der Waals surface area contributed by atoms with Crippen LogP contribution >= 0.6 is 0 Å². The SMILES string of the molecule is O=Cc1cccc(CN2C[C@@H](c3ccccc3)OC(=O)CC/C=C/CCC2=O)c1. The van der Waals surface area contributed by atoms with Crippen LogP contribution in [0, 0.1) is 0 Å². The smallest absolute Gasteiger partial charge is 0.306 e. The largest absolute Gasteiger partial charge is 0.456 e. The van der Waals surface area contributed by atoms with Crippen molar-refractivity contribution in [1.29, 1.82) is 0 Å². The summed E-state index contributed by atoms with van der Waals surface area (Å²) in [4.78, 5) is 38.1. The summed E-state index contributed by atoms with van der Waals surface area (Å²) in [6, 6.07) is 16.7. The van der Waals surface area contributed by atoms with Crippen LogP contribution in [0.1, 0.15) is 53.3 Å². The Kier molecular flexibility index (Phi) is 7.34. The Morgan fingerprint density at radius 2 is 1.72 bits per heavy atom. The van der Waals surface area contributed by atoms with E-state index < -0.39 is 6.10 Å². The maximum atomic E-state index is 12.9. The average Bonchev–Trinajstić information content (AvgIpc) is 2.75. The molecule has 0 radical (unpaired) electrons. The third-order valence-corrected chi connectivity index (χ3v) is 4.85. The van der Waals surface area contributed by atoms with Crippen molar-refractivity contribution in [3.63, 3.8) is 0 Å². The highest BCUT2D eigenvalue weighted by atomic mass is 16.5. The summed E-state index contributed by atoms with van der Waals surface area (Å²) < 4.78 is 5.75. The van der Waals surface area contributed by atoms with Crippen LogP contribution in [0.4, 0.5) is 0 Å². The van der Waals surface area contributed by atoms with Crippen LogP contribution < -0.4 is 0 Å². The molecule has 0 unspecified atom stereocenters. The van der Waals surface area contributed by atoms with E-state index in [2.05, 4.69) is 0 Å². The Morgan fingerprint density at radius 3 is 2.48 bits per heavy atom. The van der Waals surface area contributed by atoms with Gasteiger partial charge in [-0.05, 0) is 30.0 Å². The van der Waals surface area contributed by atoms with Gasteiger partial charge in [0.15, 0.2) is 0 Å². The molecule has 5 nitrogen and oxygen atoms in total. The molecule has 2 aromatic rings. The maximum Gasteiger partial charge on any atom is 0.306 e. The van der Waals surface area contributed by atoms with Crippen LogP contribution in [0.2, 0.25) is 0 Å². The molecular formula is C24H25NO4. The second kappa shape index (κ2) is 10.4. The van der Waals surface area contributed by atoms with Gasteiger partial charge in [0, 0.05) is 24.9 Å². The first-order valence-electron chi connectivity index (χ1n) is 9.87. The van der Waals surface area contributed by atoms with E-state index in [0.29, 0.717) is 37.8 Å². The molecule has 1 atom stereocenters. The van der Waals surface area contributed by atoms with Crippen LogP contribution in [0.15, 0.2) is 66.7 Å². The lowest BCUT2D eigenvalue weighted by Gasteiger charge is -2.28. The number of ether oxygens (including phenoxy) is 1. The highest BCUT2D eigenvalue weighted by molar-refractivity contribution is 5.77. The lowest BCUT2D eigenvalue weighted by molar-refractivity contribution is -0.152. The van der Waals surface area contributed by atoms with E-state index in [1.165, 1.54) is 0 Å². The van der Waals surface area contributed by atoms with Crippen molar-refractivity contribution in [2.45, 2.75) is 38.3 Å². The Hall–Kier alpha value is -3.21. The van der Waals surface area contributed by atoms with Crippen LogP contribution in [0.25, 0.3) is 0 Å². The molecule has 0 aromatic heterocycles. The zero-order valence-electron chi connectivity index (χ0n) is 16.3. The van der Waals surface area contributed by atoms with Gasteiger partial charge in [-0.3, -0.25) is 14.4 Å². The van der Waals surface area contributed by atoms with Crippen molar-refractivity contribution in [2.75, 3.05) is 6.54 Å². The summed E-state index contributed by atoms with van der Waals surface area (Å²) in [5.74, 6) is -0.289. The molecule has 3 rings (SSSR count). The summed E-state index contributed by atoms with van der Waals surface area (Å²) in [5, 5.41) is 0. The van der Waals surface area contributed by atoms with E-state index in [9.17, 15) is 14.4 Å². The molecule has 0 saturated carbocycles. The molecule has 150 valence electrons. The van der Waals surface area contributed by atoms with Gasteiger partial charge >= 0.3 is 5.97 Å². The van der Waals surface area contributed by atoms with Crippen molar-refractivity contribution in [1.82, 2.24) is 4.90 Å². The highest BCUT2D eigenvalue weighted by Gasteiger charge is 2.24. The minimum Gasteiger partial charge on any atom is -0.456 e. The molecule has 0 aliphatic carbocycles. The van der Waals surface area contributed by atoms with Crippen molar-refractivity contribution < 1.29 is 19.1 Å². The summed E-state index contributed by atoms with van der Waals surface area (Å²) in [7, 11) is 0. The summed E-state index contributed by atoms with van der Waals surface area (Å²) >= 11 is 0. The number of nitrogens with zero attached hydrogens (tertiary/aromatic N) is 1. The zero-order valence-corrected chi connectivity index (χ0v) is 16.3. The van der Waals surface area contributed by atoms with E-state index in [-0.39, 0.29) is 18.4 Å². The number of amides is 1. The Balaban J connectivity index is 1.88. The molecule has 5 heteroatoms. The molecule has 0 N–H and O–H groups in total. The number of benzene rings is 2. The number of esters is 1. The standard InChI is InChI=1S/C24H25NO4/c26-18-20-10-8-9-19(15-20)16-25-17-22(21-11-4-3-5-12-21)29-24(28)14-7-2-1-6-13-23(25)27/h1-5,8-12,15,18,22H,6-7,13-14,16-17H2/b2-1+/t22-/m0/s1. The van der Waals surface area contributed by atoms with E-state index in [0.717, 1.165) is 17.4 Å². The molecule has 1 amide bonds. The quantitative estimate of drug-likeness (QED) is 0.444. The fourth-order valence-corrected chi connectivity index (χ4v) is 3.34. The molecule has 1 heterocycles. The summed E-state index contributed by atoms with van der Waals surface area (Å²) in [6.45, 7) is 0.620. The van der Waals surface area contributed by atoms with Crippen LogP contribution in [0.3, 0.4) is 0 Å². The van der Waals surface area contributed by atoms with Crippen molar-refractivity contribution in [2.24, 2.45) is 0 Å². The topological polar surface area (TPSA) is 63.7 Å². The van der Waals surface area contributed by atoms with Gasteiger partial charge in [0.1, 0.15) is 12.4 Å². The molecule has 1 aliphatic heterocycles. The lowest BCUT2D eigenvalue weighted by Crippen LogP contribution is -2.35. The number of hydrogen-bond donors (Lipinski definition) is 0. The molecule has 0 saturated heterocycles. The minimum absolute atomic E-state index is 0.0105. The first kappa shape index (κ1) is 20.5. The van der Waals surface area contributed by atoms with Crippen molar-refractivity contribution in [3.05, 3.63) is 83.4 Å². The molecule has 2 aromatic carbocycles. The second-order valence-corrected chi connectivity index (χ2v) is 7.08. The predicted molar refractivity (Wildman–Crippen MR) is 110 cm³/mol. The van der Waals surface area contributed by atoms with Gasteiger partial charge in [-0.2, -0.15) is 0 Å². The zero-order chi connectivity index (χ0) is 20.5. The summed E-state index contributed by atoms with van der Waals surface area (Å²) in [5.41, 5.74) is 2.29. The maximum absolute atomic E-state index is 12.9. The number of cyclic esters (lactones) is 1. The lowest BCUT2D eigenvalue weighted by atomic mass is 10.1. The fourth-order valence-electron chi connectivity index (χ4n) is 3.34. The monoisotopic (exact) mass is 391 g/mol. The van der Waals surface area contributed by atoms with Crippen molar-refractivity contribution in [3.8, 4) is 0 Å². The van der Waals surface area contributed by atoms with Crippen LogP contribution in [-0.4, -0.2) is 29.6 Å². The Bertz CT molecular complexity index is 875. The molecule has 29 heavy (non-hydrogen) atoms. The van der Waals surface area contributed by atoms with Crippen LogP contribution in [-0.2, 0) is 20.9 Å². The van der Waals surface area contributed by atoms with Gasteiger partial charge in [0.05, 0.1) is 6.54 Å². The molecule has 0 fully saturated rings. The molecule has 0 spiro atoms. The fraction of sp³-hybridized carbons (Fsp3) is 0.292. The Labute approximate surface area is 171 Å². The third kappa shape index (κ3) is 6.14. The third-order valence-electron chi connectivity index (χ3n) is 4.85. The molecular weight excluding hydrogens is 366 g/mol. The van der Waals surface area contributed by atoms with Crippen molar-refractivity contribution >= 4 is 18.2 Å². The number of carbonyl (C=O) groups excluding carboxylic acids is 3. The first-order chi connectivity index (χ1) is 14.2. The number of carbonyl (C=O) groups is 3. The predicted octanol–water partition coefficient (Wildman–Crippen LogP) is 4.24. The van der Waals surface area contributed by atoms with Gasteiger partial charge in [-0.25, -0.2) is 0 Å². The minimum atomic E-state index is -0.537. The van der Waals surface area contributed by atoms with Gasteiger partial charge in [0.25, 0.3) is 0 Å². The number of rotatable bonds is 4. The van der Waals surface area contributed by atoms with E-state index in [1.807, 2.05) is 48.6 Å². The number of hydrogen-bond acceptors (Lipinski definition) is 4. The van der Waals surface area contributed by atoms with E-state index >= 15 is 0 Å². The van der Waals surface area contributed by atoms with E-state index in [4.69, 9.17) is 4.74 Å². The highest BCUT2D eigenvalue weighted by Crippen LogP contribution is 2.22. The molecule has 0 bridgehead atoms.